The summed E-state index contributed by atoms with van der Waals surface area (Å²) in [6.07, 6.45) is 6.02. The van der Waals surface area contributed by atoms with Crippen molar-refractivity contribution >= 4 is 15.9 Å². The second-order valence-corrected chi connectivity index (χ2v) is 5.29. The van der Waals surface area contributed by atoms with E-state index in [9.17, 15) is 0 Å². The van der Waals surface area contributed by atoms with Crippen LogP contribution >= 0.6 is 15.9 Å². The van der Waals surface area contributed by atoms with Gasteiger partial charge in [-0.25, -0.2) is 0 Å². The van der Waals surface area contributed by atoms with Crippen molar-refractivity contribution in [3.8, 4) is 0 Å². The lowest BCUT2D eigenvalue weighted by atomic mass is 9.97. The van der Waals surface area contributed by atoms with Gasteiger partial charge in [-0.15, -0.1) is 0 Å². The van der Waals surface area contributed by atoms with E-state index < -0.39 is 0 Å². The van der Waals surface area contributed by atoms with Crippen LogP contribution in [0.3, 0.4) is 0 Å². The number of rotatable bonds is 4. The maximum atomic E-state index is 5.74. The Morgan fingerprint density at radius 2 is 2.06 bits per heavy atom. The fraction of sp³-hybridized carbons (Fsp3) is 0.429. The first-order valence-electron chi connectivity index (χ1n) is 5.82. The molecule has 0 saturated heterocycles. The van der Waals surface area contributed by atoms with Crippen LogP contribution in [0.1, 0.15) is 24.8 Å². The minimum Gasteiger partial charge on any atom is -0.376 e. The molecule has 86 valence electrons. The number of allylic oxidation sites excluding steroid dienone is 1. The zero-order chi connectivity index (χ0) is 11.2. The Balaban J connectivity index is 1.74. The highest BCUT2D eigenvalue weighted by atomic mass is 79.9. The van der Waals surface area contributed by atoms with Gasteiger partial charge in [0.05, 0.1) is 13.2 Å². The number of ether oxygens (including phenoxy) is 1. The van der Waals surface area contributed by atoms with Gasteiger partial charge in [-0.3, -0.25) is 0 Å². The minimum atomic E-state index is 0.590. The fourth-order valence-corrected chi connectivity index (χ4v) is 2.64. The average molecular weight is 281 g/mol. The fourth-order valence-electron chi connectivity index (χ4n) is 1.99. The third kappa shape index (κ3) is 3.76. The first-order valence-corrected chi connectivity index (χ1v) is 6.62. The number of hydrogen-bond acceptors (Lipinski definition) is 1. The van der Waals surface area contributed by atoms with E-state index >= 15 is 0 Å². The lowest BCUT2D eigenvalue weighted by Crippen LogP contribution is -2.10. The second-order valence-electron chi connectivity index (χ2n) is 4.27. The van der Waals surface area contributed by atoms with Gasteiger partial charge in [-0.2, -0.15) is 0 Å². The van der Waals surface area contributed by atoms with Crippen molar-refractivity contribution in [3.63, 3.8) is 0 Å². The van der Waals surface area contributed by atoms with Crippen LogP contribution < -0.4 is 0 Å². The van der Waals surface area contributed by atoms with Gasteiger partial charge in [-0.1, -0.05) is 52.3 Å². The Hall–Kier alpha value is -0.600. The molecule has 0 fully saturated rings. The summed E-state index contributed by atoms with van der Waals surface area (Å²) in [5.74, 6) is 0.590. The van der Waals surface area contributed by atoms with Crippen molar-refractivity contribution < 1.29 is 4.74 Å². The molecule has 1 atom stereocenters. The zero-order valence-corrected chi connectivity index (χ0v) is 10.9. The Kier molecular flexibility index (Phi) is 4.61. The van der Waals surface area contributed by atoms with Crippen LogP contribution in [0.15, 0.2) is 40.9 Å². The predicted molar refractivity (Wildman–Crippen MR) is 70.4 cm³/mol. The first-order chi connectivity index (χ1) is 7.84. The summed E-state index contributed by atoms with van der Waals surface area (Å²) in [5.41, 5.74) is 1.25. The van der Waals surface area contributed by atoms with Crippen LogP contribution in [0.25, 0.3) is 0 Å². The molecular formula is C14H17BrO. The lowest BCUT2D eigenvalue weighted by Gasteiger charge is -2.18. The highest BCUT2D eigenvalue weighted by Crippen LogP contribution is 2.26. The van der Waals surface area contributed by atoms with Crippen LogP contribution in [0.5, 0.6) is 0 Å². The summed E-state index contributed by atoms with van der Waals surface area (Å²) in [7, 11) is 0. The van der Waals surface area contributed by atoms with Gasteiger partial charge >= 0.3 is 0 Å². The Morgan fingerprint density at radius 3 is 2.81 bits per heavy atom. The molecular weight excluding hydrogens is 264 g/mol. The molecule has 0 N–H and O–H groups in total. The largest absolute Gasteiger partial charge is 0.376 e. The lowest BCUT2D eigenvalue weighted by molar-refractivity contribution is 0.0954. The van der Waals surface area contributed by atoms with Gasteiger partial charge < -0.3 is 4.74 Å². The first kappa shape index (κ1) is 11.9. The molecule has 0 radical (unpaired) electrons. The molecule has 2 heteroatoms. The summed E-state index contributed by atoms with van der Waals surface area (Å²) in [4.78, 5) is 0. The molecule has 0 amide bonds. The molecule has 0 saturated carbocycles. The summed E-state index contributed by atoms with van der Waals surface area (Å²) in [6, 6.07) is 10.3. The molecule has 0 aliphatic heterocycles. The molecule has 1 aliphatic carbocycles. The van der Waals surface area contributed by atoms with Gasteiger partial charge in [0.1, 0.15) is 0 Å². The highest BCUT2D eigenvalue weighted by Gasteiger charge is 2.12. The summed E-state index contributed by atoms with van der Waals surface area (Å²) >= 11 is 3.57. The maximum Gasteiger partial charge on any atom is 0.0717 e. The van der Waals surface area contributed by atoms with E-state index in [2.05, 4.69) is 46.3 Å². The molecule has 0 aromatic heterocycles. The third-order valence-corrected chi connectivity index (χ3v) is 3.51. The number of benzene rings is 1. The molecule has 0 unspecified atom stereocenters. The van der Waals surface area contributed by atoms with Crippen molar-refractivity contribution in [3.05, 3.63) is 46.5 Å². The Bertz CT molecular complexity index is 345. The zero-order valence-electron chi connectivity index (χ0n) is 9.36. The molecule has 0 spiro atoms. The highest BCUT2D eigenvalue weighted by molar-refractivity contribution is 9.11. The van der Waals surface area contributed by atoms with Crippen LogP contribution in [0.2, 0.25) is 0 Å². The van der Waals surface area contributed by atoms with Crippen molar-refractivity contribution in [2.24, 2.45) is 5.92 Å². The predicted octanol–water partition coefficient (Wildman–Crippen LogP) is 4.28. The monoisotopic (exact) mass is 280 g/mol. The van der Waals surface area contributed by atoms with Crippen LogP contribution in [-0.2, 0) is 11.3 Å². The van der Waals surface area contributed by atoms with Gasteiger partial charge in [-0.05, 0) is 29.3 Å². The number of hydrogen-bond donors (Lipinski definition) is 0. The standard InChI is InChI=1S/C14H17BrO/c15-14-8-4-7-13(9-14)11-16-10-12-5-2-1-3-6-12/h1-3,5-6,9,13H,4,7-8,10-11H2/t13-/m1/s1. The van der Waals surface area contributed by atoms with Gasteiger partial charge in [0.15, 0.2) is 0 Å². The van der Waals surface area contributed by atoms with E-state index in [4.69, 9.17) is 4.74 Å². The van der Waals surface area contributed by atoms with E-state index in [0.717, 1.165) is 13.2 Å². The van der Waals surface area contributed by atoms with E-state index in [1.807, 2.05) is 6.07 Å². The van der Waals surface area contributed by atoms with Crippen LogP contribution in [-0.4, -0.2) is 6.61 Å². The average Bonchev–Trinajstić information content (AvgIpc) is 2.30. The Labute approximate surface area is 106 Å². The molecule has 0 heterocycles. The Morgan fingerprint density at radius 1 is 1.25 bits per heavy atom. The topological polar surface area (TPSA) is 9.23 Å². The molecule has 1 aliphatic rings. The van der Waals surface area contributed by atoms with E-state index in [1.165, 1.54) is 29.3 Å². The molecule has 16 heavy (non-hydrogen) atoms. The molecule has 2 rings (SSSR count). The quantitative estimate of drug-likeness (QED) is 0.800. The minimum absolute atomic E-state index is 0.590. The second kappa shape index (κ2) is 6.21. The summed E-state index contributed by atoms with van der Waals surface area (Å²) in [6.45, 7) is 1.56. The van der Waals surface area contributed by atoms with Crippen molar-refractivity contribution in [1.82, 2.24) is 0 Å². The smallest absolute Gasteiger partial charge is 0.0717 e. The van der Waals surface area contributed by atoms with Gasteiger partial charge in [0, 0.05) is 5.92 Å². The molecule has 1 aromatic carbocycles. The third-order valence-electron chi connectivity index (χ3n) is 2.85. The molecule has 1 nitrogen and oxygen atoms in total. The van der Waals surface area contributed by atoms with Gasteiger partial charge in [0.2, 0.25) is 0 Å². The summed E-state index contributed by atoms with van der Waals surface area (Å²) < 4.78 is 7.08. The van der Waals surface area contributed by atoms with Crippen molar-refractivity contribution in [2.45, 2.75) is 25.9 Å². The number of halogens is 1. The van der Waals surface area contributed by atoms with Crippen molar-refractivity contribution in [2.75, 3.05) is 6.61 Å². The van der Waals surface area contributed by atoms with Gasteiger partial charge in [0.25, 0.3) is 0 Å². The van der Waals surface area contributed by atoms with E-state index in [0.29, 0.717) is 5.92 Å². The van der Waals surface area contributed by atoms with E-state index in [-0.39, 0.29) is 0 Å². The normalized spacial score (nSPS) is 20.6. The van der Waals surface area contributed by atoms with E-state index in [1.54, 1.807) is 0 Å². The maximum absolute atomic E-state index is 5.74. The van der Waals surface area contributed by atoms with Crippen molar-refractivity contribution in [1.29, 1.82) is 0 Å². The SMILES string of the molecule is BrC1=C[C@H](COCc2ccccc2)CCC1. The summed E-state index contributed by atoms with van der Waals surface area (Å²) in [5, 5.41) is 0. The van der Waals surface area contributed by atoms with Crippen LogP contribution in [0, 0.1) is 5.92 Å². The van der Waals surface area contributed by atoms with Crippen LogP contribution in [0.4, 0.5) is 0 Å². The molecule has 1 aromatic rings. The molecule has 0 bridgehead atoms.